The Bertz CT molecular complexity index is 705. The SMILES string of the molecule is COc1cc2[nH]c3c(c2cc1C)CNN(C=O)C3CC(C)C. The molecule has 1 aliphatic rings. The first kappa shape index (κ1) is 14.9. The van der Waals surface area contributed by atoms with E-state index in [2.05, 4.69) is 37.2 Å². The number of ether oxygens (including phenoxy) is 1. The molecule has 0 saturated heterocycles. The van der Waals surface area contributed by atoms with E-state index in [0.717, 1.165) is 35.4 Å². The first-order valence-electron chi connectivity index (χ1n) is 7.71. The fourth-order valence-corrected chi connectivity index (χ4v) is 3.31. The third-order valence-corrected chi connectivity index (χ3v) is 4.37. The number of fused-ring (bicyclic) bond motifs is 3. The molecule has 2 N–H and O–H groups in total. The smallest absolute Gasteiger partial charge is 0.224 e. The first-order valence-corrected chi connectivity index (χ1v) is 7.71. The van der Waals surface area contributed by atoms with Crippen LogP contribution < -0.4 is 10.2 Å². The number of benzene rings is 1. The molecule has 0 bridgehead atoms. The highest BCUT2D eigenvalue weighted by Crippen LogP contribution is 2.37. The quantitative estimate of drug-likeness (QED) is 0.853. The van der Waals surface area contributed by atoms with Crippen LogP contribution in [0.2, 0.25) is 0 Å². The minimum absolute atomic E-state index is 0.0416. The normalized spacial score (nSPS) is 17.9. The fraction of sp³-hybridized carbons (Fsp3) is 0.471. The number of amides is 1. The number of aromatic amines is 1. The van der Waals surface area contributed by atoms with E-state index in [9.17, 15) is 4.79 Å². The summed E-state index contributed by atoms with van der Waals surface area (Å²) in [6.45, 7) is 7.06. The van der Waals surface area contributed by atoms with Crippen molar-refractivity contribution in [2.45, 2.75) is 39.8 Å². The van der Waals surface area contributed by atoms with Crippen LogP contribution in [0.1, 0.15) is 43.1 Å². The molecule has 1 atom stereocenters. The monoisotopic (exact) mass is 301 g/mol. The molecule has 5 nitrogen and oxygen atoms in total. The minimum atomic E-state index is 0.0416. The van der Waals surface area contributed by atoms with Crippen molar-refractivity contribution in [3.05, 3.63) is 29.0 Å². The molecule has 2 heterocycles. The zero-order chi connectivity index (χ0) is 15.9. The Kier molecular flexibility index (Phi) is 3.83. The Hall–Kier alpha value is -2.01. The average Bonchev–Trinajstić information content (AvgIpc) is 2.84. The van der Waals surface area contributed by atoms with Crippen molar-refractivity contribution in [2.75, 3.05) is 7.11 Å². The van der Waals surface area contributed by atoms with E-state index in [0.29, 0.717) is 12.5 Å². The molecule has 0 fully saturated rings. The number of nitrogens with one attached hydrogen (secondary N) is 2. The van der Waals surface area contributed by atoms with Gasteiger partial charge in [0, 0.05) is 29.2 Å². The molecule has 1 aromatic heterocycles. The van der Waals surface area contributed by atoms with E-state index in [1.807, 2.05) is 6.07 Å². The van der Waals surface area contributed by atoms with Gasteiger partial charge in [0.25, 0.3) is 0 Å². The lowest BCUT2D eigenvalue weighted by Gasteiger charge is -2.34. The van der Waals surface area contributed by atoms with E-state index in [-0.39, 0.29) is 6.04 Å². The molecule has 0 saturated carbocycles. The number of carbonyl (C=O) groups is 1. The third-order valence-electron chi connectivity index (χ3n) is 4.37. The van der Waals surface area contributed by atoms with Crippen LogP contribution in [0.5, 0.6) is 5.75 Å². The van der Waals surface area contributed by atoms with Gasteiger partial charge in [-0.1, -0.05) is 13.8 Å². The van der Waals surface area contributed by atoms with Crippen molar-refractivity contribution >= 4 is 17.3 Å². The number of H-pyrrole nitrogens is 1. The lowest BCUT2D eigenvalue weighted by Crippen LogP contribution is -2.44. The average molecular weight is 301 g/mol. The summed E-state index contributed by atoms with van der Waals surface area (Å²) in [5, 5.41) is 2.89. The molecule has 1 amide bonds. The summed E-state index contributed by atoms with van der Waals surface area (Å²) in [5.41, 5.74) is 7.80. The zero-order valence-corrected chi connectivity index (χ0v) is 13.6. The lowest BCUT2D eigenvalue weighted by molar-refractivity contribution is -0.125. The van der Waals surface area contributed by atoms with E-state index in [1.54, 1.807) is 12.1 Å². The van der Waals surface area contributed by atoms with E-state index in [4.69, 9.17) is 4.74 Å². The predicted octanol–water partition coefficient (Wildman–Crippen LogP) is 3.05. The third kappa shape index (κ3) is 2.35. The Labute approximate surface area is 130 Å². The van der Waals surface area contributed by atoms with E-state index in [1.165, 1.54) is 10.9 Å². The van der Waals surface area contributed by atoms with Gasteiger partial charge in [0.1, 0.15) is 5.75 Å². The molecule has 2 aromatic rings. The maximum Gasteiger partial charge on any atom is 0.224 e. The number of aromatic nitrogens is 1. The summed E-state index contributed by atoms with van der Waals surface area (Å²) >= 11 is 0. The minimum Gasteiger partial charge on any atom is -0.496 e. The molecule has 5 heteroatoms. The number of nitrogens with zero attached hydrogens (tertiary/aromatic N) is 1. The molecular weight excluding hydrogens is 278 g/mol. The number of rotatable bonds is 4. The number of hydrogen-bond acceptors (Lipinski definition) is 3. The Balaban J connectivity index is 2.14. The highest BCUT2D eigenvalue weighted by atomic mass is 16.5. The summed E-state index contributed by atoms with van der Waals surface area (Å²) in [7, 11) is 1.69. The molecule has 22 heavy (non-hydrogen) atoms. The molecule has 0 aliphatic carbocycles. The topological polar surface area (TPSA) is 57.4 Å². The maximum atomic E-state index is 11.4. The Morgan fingerprint density at radius 1 is 1.45 bits per heavy atom. The van der Waals surface area contributed by atoms with Crippen molar-refractivity contribution in [1.29, 1.82) is 0 Å². The molecule has 1 unspecified atom stereocenters. The fourth-order valence-electron chi connectivity index (χ4n) is 3.31. The summed E-state index contributed by atoms with van der Waals surface area (Å²) in [4.78, 5) is 14.9. The van der Waals surface area contributed by atoms with Gasteiger partial charge in [-0.05, 0) is 36.5 Å². The second-order valence-electron chi connectivity index (χ2n) is 6.38. The highest BCUT2D eigenvalue weighted by Gasteiger charge is 2.30. The number of aryl methyl sites for hydroxylation is 1. The lowest BCUT2D eigenvalue weighted by atomic mass is 9.96. The van der Waals surface area contributed by atoms with Crippen LogP contribution in [0.15, 0.2) is 12.1 Å². The molecule has 1 aromatic carbocycles. The van der Waals surface area contributed by atoms with Crippen molar-refractivity contribution in [3.63, 3.8) is 0 Å². The van der Waals surface area contributed by atoms with Gasteiger partial charge in [-0.3, -0.25) is 9.80 Å². The van der Waals surface area contributed by atoms with Crippen molar-refractivity contribution in [2.24, 2.45) is 5.92 Å². The Morgan fingerprint density at radius 3 is 2.86 bits per heavy atom. The van der Waals surface area contributed by atoms with Crippen LogP contribution in [0, 0.1) is 12.8 Å². The molecule has 1 aliphatic heterocycles. The zero-order valence-electron chi connectivity index (χ0n) is 13.6. The number of hydrogen-bond donors (Lipinski definition) is 2. The van der Waals surface area contributed by atoms with Gasteiger partial charge in [0.05, 0.1) is 13.2 Å². The summed E-state index contributed by atoms with van der Waals surface area (Å²) in [6, 6.07) is 4.24. The molecule has 0 spiro atoms. The van der Waals surface area contributed by atoms with Gasteiger partial charge in [-0.15, -0.1) is 0 Å². The van der Waals surface area contributed by atoms with Crippen LogP contribution in [0.3, 0.4) is 0 Å². The first-order chi connectivity index (χ1) is 10.5. The van der Waals surface area contributed by atoms with Crippen LogP contribution in [0.4, 0.5) is 0 Å². The number of carbonyl (C=O) groups excluding carboxylic acids is 1. The summed E-state index contributed by atoms with van der Waals surface area (Å²) < 4.78 is 5.42. The van der Waals surface area contributed by atoms with E-state index >= 15 is 0 Å². The van der Waals surface area contributed by atoms with Gasteiger partial charge < -0.3 is 9.72 Å². The molecule has 118 valence electrons. The van der Waals surface area contributed by atoms with Gasteiger partial charge in [-0.25, -0.2) is 5.43 Å². The summed E-state index contributed by atoms with van der Waals surface area (Å²) in [5.74, 6) is 1.38. The van der Waals surface area contributed by atoms with Crippen molar-refractivity contribution in [3.8, 4) is 5.75 Å². The largest absolute Gasteiger partial charge is 0.496 e. The molecular formula is C17H23N3O2. The van der Waals surface area contributed by atoms with Gasteiger partial charge in [0.2, 0.25) is 6.41 Å². The van der Waals surface area contributed by atoms with Gasteiger partial charge in [0.15, 0.2) is 0 Å². The Morgan fingerprint density at radius 2 is 2.23 bits per heavy atom. The van der Waals surface area contributed by atoms with Gasteiger partial charge >= 0.3 is 0 Å². The standard InChI is InChI=1S/C17H23N3O2/c1-10(2)5-15-17-13(8-18-20(15)9-21)12-6-11(3)16(22-4)7-14(12)19-17/h6-7,9-10,15,18-19H,5,8H2,1-4H3. The predicted molar refractivity (Wildman–Crippen MR) is 86.5 cm³/mol. The number of methoxy groups -OCH3 is 1. The molecule has 0 radical (unpaired) electrons. The van der Waals surface area contributed by atoms with Crippen LogP contribution >= 0.6 is 0 Å². The second-order valence-corrected chi connectivity index (χ2v) is 6.38. The maximum absolute atomic E-state index is 11.4. The van der Waals surface area contributed by atoms with Crippen LogP contribution in [-0.4, -0.2) is 23.5 Å². The van der Waals surface area contributed by atoms with E-state index < -0.39 is 0 Å². The van der Waals surface area contributed by atoms with Crippen LogP contribution in [-0.2, 0) is 11.3 Å². The summed E-state index contributed by atoms with van der Waals surface area (Å²) in [6.07, 6.45) is 1.80. The molecule has 3 rings (SSSR count). The van der Waals surface area contributed by atoms with Crippen molar-refractivity contribution in [1.82, 2.24) is 15.4 Å². The second kappa shape index (κ2) is 5.65. The van der Waals surface area contributed by atoms with Gasteiger partial charge in [-0.2, -0.15) is 0 Å². The van der Waals surface area contributed by atoms with Crippen LogP contribution in [0.25, 0.3) is 10.9 Å². The highest BCUT2D eigenvalue weighted by molar-refractivity contribution is 5.87. The number of hydrazine groups is 1. The van der Waals surface area contributed by atoms with Crippen molar-refractivity contribution < 1.29 is 9.53 Å².